The van der Waals surface area contributed by atoms with E-state index >= 15 is 0 Å². The third-order valence-corrected chi connectivity index (χ3v) is 3.82. The van der Waals surface area contributed by atoms with Gasteiger partial charge in [0.25, 0.3) is 0 Å². The van der Waals surface area contributed by atoms with E-state index in [1.807, 2.05) is 18.2 Å². The molecule has 1 atom stereocenters. The maximum absolute atomic E-state index is 12.3. The molecule has 1 fully saturated rings. The van der Waals surface area contributed by atoms with E-state index in [4.69, 9.17) is 14.2 Å². The first-order chi connectivity index (χ1) is 10.3. The summed E-state index contributed by atoms with van der Waals surface area (Å²) in [6, 6.07) is 5.51. The summed E-state index contributed by atoms with van der Waals surface area (Å²) in [5.74, 6) is 1.54. The second-order valence-corrected chi connectivity index (χ2v) is 5.19. The fourth-order valence-electron chi connectivity index (χ4n) is 2.63. The summed E-state index contributed by atoms with van der Waals surface area (Å²) in [5.41, 5.74) is 1.04. The largest absolute Gasteiger partial charge is 0.454 e. The molecule has 0 spiro atoms. The Bertz CT molecular complexity index is 519. The maximum atomic E-state index is 12.3. The lowest BCUT2D eigenvalue weighted by molar-refractivity contribution is -0.141. The van der Waals surface area contributed by atoms with Crippen LogP contribution >= 0.6 is 0 Å². The molecule has 1 N–H and O–H groups in total. The highest BCUT2D eigenvalue weighted by Crippen LogP contribution is 2.32. The van der Waals surface area contributed by atoms with Gasteiger partial charge in [-0.25, -0.2) is 0 Å². The standard InChI is InChI=1S/C15H19NO5/c17-8-12-9-19-6-5-16(12)15(18)4-2-11-1-3-13-14(7-11)21-10-20-13/h1,3,7,12,17H,2,4-6,8-10H2. The minimum Gasteiger partial charge on any atom is -0.454 e. The number of amides is 1. The number of carbonyl (C=O) groups is 1. The van der Waals surface area contributed by atoms with Gasteiger partial charge in [-0.3, -0.25) is 4.79 Å². The Kier molecular flexibility index (Phi) is 4.26. The number of carbonyl (C=O) groups excluding carboxylic acids is 1. The first-order valence-electron chi connectivity index (χ1n) is 7.14. The molecule has 1 amide bonds. The van der Waals surface area contributed by atoms with Crippen LogP contribution in [0.3, 0.4) is 0 Å². The van der Waals surface area contributed by atoms with Gasteiger partial charge in [-0.05, 0) is 24.1 Å². The summed E-state index contributed by atoms with van der Waals surface area (Å²) in [5, 5.41) is 9.30. The van der Waals surface area contributed by atoms with Crippen molar-refractivity contribution in [1.29, 1.82) is 0 Å². The molecule has 0 aliphatic carbocycles. The molecule has 2 heterocycles. The molecule has 0 bridgehead atoms. The van der Waals surface area contributed by atoms with Gasteiger partial charge in [0.15, 0.2) is 11.5 Å². The van der Waals surface area contributed by atoms with Gasteiger partial charge in [0.1, 0.15) is 0 Å². The summed E-state index contributed by atoms with van der Waals surface area (Å²) in [6.45, 7) is 1.68. The van der Waals surface area contributed by atoms with Gasteiger partial charge in [-0.2, -0.15) is 0 Å². The molecule has 6 nitrogen and oxygen atoms in total. The number of ether oxygens (including phenoxy) is 3. The summed E-state index contributed by atoms with van der Waals surface area (Å²) in [7, 11) is 0. The number of aliphatic hydroxyl groups excluding tert-OH is 1. The van der Waals surface area contributed by atoms with Gasteiger partial charge in [-0.15, -0.1) is 0 Å². The van der Waals surface area contributed by atoms with Crippen molar-refractivity contribution in [3.05, 3.63) is 23.8 Å². The molecule has 3 rings (SSSR count). The summed E-state index contributed by atoms with van der Waals surface area (Å²) >= 11 is 0. The molecular formula is C15H19NO5. The van der Waals surface area contributed by atoms with Crippen LogP contribution < -0.4 is 9.47 Å². The Morgan fingerprint density at radius 1 is 1.33 bits per heavy atom. The normalized spacial score (nSPS) is 20.6. The molecule has 1 unspecified atom stereocenters. The molecule has 1 aromatic carbocycles. The number of aliphatic hydroxyl groups is 1. The molecule has 1 saturated heterocycles. The van der Waals surface area contributed by atoms with Crippen molar-refractivity contribution in [3.8, 4) is 11.5 Å². The van der Waals surface area contributed by atoms with Crippen LogP contribution in [-0.2, 0) is 16.0 Å². The molecule has 114 valence electrons. The topological polar surface area (TPSA) is 68.2 Å². The monoisotopic (exact) mass is 293 g/mol. The van der Waals surface area contributed by atoms with E-state index < -0.39 is 0 Å². The smallest absolute Gasteiger partial charge is 0.231 e. The molecule has 0 radical (unpaired) electrons. The molecule has 1 aromatic rings. The van der Waals surface area contributed by atoms with Crippen molar-refractivity contribution in [2.75, 3.05) is 33.2 Å². The molecule has 6 heteroatoms. The highest BCUT2D eigenvalue weighted by molar-refractivity contribution is 5.77. The molecule has 2 aliphatic heterocycles. The van der Waals surface area contributed by atoms with Crippen LogP contribution in [0.5, 0.6) is 11.5 Å². The third kappa shape index (κ3) is 3.11. The van der Waals surface area contributed by atoms with Crippen LogP contribution in [0.4, 0.5) is 0 Å². The Labute approximate surface area is 123 Å². The zero-order valence-corrected chi connectivity index (χ0v) is 11.8. The fraction of sp³-hybridized carbons (Fsp3) is 0.533. The molecule has 21 heavy (non-hydrogen) atoms. The van der Waals surface area contributed by atoms with E-state index in [1.165, 1.54) is 0 Å². The number of nitrogens with zero attached hydrogens (tertiary/aromatic N) is 1. The molecule has 2 aliphatic rings. The van der Waals surface area contributed by atoms with Crippen LogP contribution in [0.15, 0.2) is 18.2 Å². The number of benzene rings is 1. The Morgan fingerprint density at radius 3 is 3.05 bits per heavy atom. The average Bonchev–Trinajstić information content (AvgIpc) is 3.00. The zero-order chi connectivity index (χ0) is 14.7. The van der Waals surface area contributed by atoms with Gasteiger partial charge in [0.2, 0.25) is 12.7 Å². The first kappa shape index (κ1) is 14.2. The third-order valence-electron chi connectivity index (χ3n) is 3.82. The van der Waals surface area contributed by atoms with E-state index in [0.29, 0.717) is 32.6 Å². The van der Waals surface area contributed by atoms with E-state index in [-0.39, 0.29) is 25.3 Å². The Morgan fingerprint density at radius 2 is 2.19 bits per heavy atom. The Balaban J connectivity index is 1.58. The summed E-state index contributed by atoms with van der Waals surface area (Å²) in [6.07, 6.45) is 1.06. The minimum absolute atomic E-state index is 0.0509. The van der Waals surface area contributed by atoms with Gasteiger partial charge in [0, 0.05) is 13.0 Å². The molecule has 0 aromatic heterocycles. The van der Waals surface area contributed by atoms with Crippen LogP contribution in [0, 0.1) is 0 Å². The van der Waals surface area contributed by atoms with E-state index in [2.05, 4.69) is 0 Å². The highest BCUT2D eigenvalue weighted by atomic mass is 16.7. The van der Waals surface area contributed by atoms with Gasteiger partial charge < -0.3 is 24.2 Å². The second-order valence-electron chi connectivity index (χ2n) is 5.19. The van der Waals surface area contributed by atoms with Gasteiger partial charge in [-0.1, -0.05) is 6.07 Å². The van der Waals surface area contributed by atoms with Crippen LogP contribution in [0.2, 0.25) is 0 Å². The lowest BCUT2D eigenvalue weighted by atomic mass is 10.1. The van der Waals surface area contributed by atoms with Crippen LogP contribution in [-0.4, -0.2) is 55.1 Å². The number of hydrogen-bond donors (Lipinski definition) is 1. The van der Waals surface area contributed by atoms with Crippen molar-refractivity contribution < 1.29 is 24.1 Å². The average molecular weight is 293 g/mol. The predicted molar refractivity (Wildman–Crippen MR) is 74.3 cm³/mol. The summed E-state index contributed by atoms with van der Waals surface area (Å²) in [4.78, 5) is 14.0. The number of morpholine rings is 1. The van der Waals surface area contributed by atoms with Crippen molar-refractivity contribution in [1.82, 2.24) is 4.90 Å². The van der Waals surface area contributed by atoms with Crippen molar-refractivity contribution in [2.24, 2.45) is 0 Å². The zero-order valence-electron chi connectivity index (χ0n) is 11.8. The molecular weight excluding hydrogens is 274 g/mol. The first-order valence-corrected chi connectivity index (χ1v) is 7.14. The summed E-state index contributed by atoms with van der Waals surface area (Å²) < 4.78 is 15.9. The highest BCUT2D eigenvalue weighted by Gasteiger charge is 2.26. The molecule has 0 saturated carbocycles. The van der Waals surface area contributed by atoms with Crippen LogP contribution in [0.1, 0.15) is 12.0 Å². The lowest BCUT2D eigenvalue weighted by Gasteiger charge is -2.34. The number of fused-ring (bicyclic) bond motifs is 1. The quantitative estimate of drug-likeness (QED) is 0.879. The second kappa shape index (κ2) is 6.32. The number of rotatable bonds is 4. The van der Waals surface area contributed by atoms with Crippen molar-refractivity contribution in [3.63, 3.8) is 0 Å². The lowest BCUT2D eigenvalue weighted by Crippen LogP contribution is -2.50. The van der Waals surface area contributed by atoms with E-state index in [1.54, 1.807) is 4.90 Å². The SMILES string of the molecule is O=C(CCc1ccc2c(c1)OCO2)N1CCOCC1CO. The number of aryl methyl sites for hydroxylation is 1. The van der Waals surface area contributed by atoms with Crippen molar-refractivity contribution in [2.45, 2.75) is 18.9 Å². The van der Waals surface area contributed by atoms with Gasteiger partial charge in [0.05, 0.1) is 25.9 Å². The van der Waals surface area contributed by atoms with Crippen molar-refractivity contribution >= 4 is 5.91 Å². The number of hydrogen-bond acceptors (Lipinski definition) is 5. The van der Waals surface area contributed by atoms with E-state index in [9.17, 15) is 9.90 Å². The van der Waals surface area contributed by atoms with Crippen LogP contribution in [0.25, 0.3) is 0 Å². The van der Waals surface area contributed by atoms with Gasteiger partial charge >= 0.3 is 0 Å². The fourth-order valence-corrected chi connectivity index (χ4v) is 2.63. The Hall–Kier alpha value is -1.79. The van der Waals surface area contributed by atoms with E-state index in [0.717, 1.165) is 17.1 Å². The predicted octanol–water partition coefficient (Wildman–Crippen LogP) is 0.568. The minimum atomic E-state index is -0.219. The maximum Gasteiger partial charge on any atom is 0.231 e.